The van der Waals surface area contributed by atoms with E-state index in [1.54, 1.807) is 22.1 Å². The molecule has 22 heavy (non-hydrogen) atoms. The van der Waals surface area contributed by atoms with E-state index < -0.39 is 12.0 Å². The van der Waals surface area contributed by atoms with Gasteiger partial charge in [0.15, 0.2) is 0 Å². The number of likely N-dealkylation sites (tertiary alicyclic amines) is 2. The Bertz CT molecular complexity index is 576. The highest BCUT2D eigenvalue weighted by Gasteiger charge is 2.49. The number of aromatic nitrogens is 1. The Morgan fingerprint density at radius 1 is 1.45 bits per heavy atom. The van der Waals surface area contributed by atoms with Crippen LogP contribution in [0.5, 0.6) is 0 Å². The number of amides is 1. The minimum atomic E-state index is -2.75. The first-order valence-corrected chi connectivity index (χ1v) is 7.35. The van der Waals surface area contributed by atoms with Crippen molar-refractivity contribution in [1.82, 2.24) is 14.8 Å². The van der Waals surface area contributed by atoms with E-state index in [-0.39, 0.29) is 31.5 Å². The number of aliphatic hydroxyl groups excluding tert-OH is 1. The fraction of sp³-hybridized carbons (Fsp3) is 0.600. The number of pyridine rings is 1. The van der Waals surface area contributed by atoms with Crippen molar-refractivity contribution in [2.75, 3.05) is 26.2 Å². The van der Waals surface area contributed by atoms with Crippen LogP contribution in [-0.2, 0) is 0 Å². The Kier molecular flexibility index (Phi) is 3.86. The van der Waals surface area contributed by atoms with Gasteiger partial charge in [0.2, 0.25) is 0 Å². The van der Waals surface area contributed by atoms with Gasteiger partial charge in [-0.25, -0.2) is 8.78 Å². The second-order valence-corrected chi connectivity index (χ2v) is 6.18. The molecule has 0 saturated carbocycles. The number of aliphatic hydroxyl groups is 1. The summed E-state index contributed by atoms with van der Waals surface area (Å²) in [7, 11) is 0. The van der Waals surface area contributed by atoms with Crippen LogP contribution in [-0.4, -0.2) is 70.0 Å². The number of hydrogen-bond acceptors (Lipinski definition) is 4. The third kappa shape index (κ3) is 2.83. The lowest BCUT2D eigenvalue weighted by Gasteiger charge is -2.45. The third-order valence-corrected chi connectivity index (χ3v) is 4.37. The number of alkyl halides is 2. The Labute approximate surface area is 127 Å². The lowest BCUT2D eigenvalue weighted by molar-refractivity contribution is -0.0125. The molecule has 0 spiro atoms. The standard InChI is InChI=1S/C15H19F2N3O2/c1-10-2-11(5-18-4-10)14(22)19-6-13(7-19)20-9-15(16,17)3-12(20)8-21/h2,4-5,12-13,21H,3,6-9H2,1H3/t12-/m0/s1. The molecule has 1 amide bonds. The fourth-order valence-electron chi connectivity index (χ4n) is 3.20. The van der Waals surface area contributed by atoms with E-state index in [2.05, 4.69) is 4.98 Å². The number of nitrogens with zero attached hydrogens (tertiary/aromatic N) is 3. The number of halogens is 2. The maximum absolute atomic E-state index is 13.5. The molecule has 2 fully saturated rings. The van der Waals surface area contributed by atoms with Gasteiger partial charge in [-0.3, -0.25) is 14.7 Å². The first kappa shape index (κ1) is 15.3. The van der Waals surface area contributed by atoms with Crippen LogP contribution in [0.25, 0.3) is 0 Å². The lowest BCUT2D eigenvalue weighted by atomic mass is 10.0. The van der Waals surface area contributed by atoms with Gasteiger partial charge in [-0.15, -0.1) is 0 Å². The molecule has 0 aliphatic carbocycles. The highest BCUT2D eigenvalue weighted by molar-refractivity contribution is 5.94. The minimum Gasteiger partial charge on any atom is -0.395 e. The van der Waals surface area contributed by atoms with Crippen molar-refractivity contribution in [2.45, 2.75) is 31.4 Å². The lowest BCUT2D eigenvalue weighted by Crippen LogP contribution is -2.62. The Morgan fingerprint density at radius 3 is 2.82 bits per heavy atom. The van der Waals surface area contributed by atoms with Gasteiger partial charge in [-0.05, 0) is 18.6 Å². The minimum absolute atomic E-state index is 0.104. The number of rotatable bonds is 3. The van der Waals surface area contributed by atoms with E-state index in [0.29, 0.717) is 18.7 Å². The van der Waals surface area contributed by atoms with Gasteiger partial charge in [-0.2, -0.15) is 0 Å². The molecule has 1 atom stereocenters. The van der Waals surface area contributed by atoms with Crippen molar-refractivity contribution in [3.63, 3.8) is 0 Å². The summed E-state index contributed by atoms with van der Waals surface area (Å²) in [5.41, 5.74) is 1.42. The quantitative estimate of drug-likeness (QED) is 0.902. The molecule has 0 radical (unpaired) electrons. The smallest absolute Gasteiger partial charge is 0.262 e. The zero-order valence-corrected chi connectivity index (χ0v) is 12.4. The summed E-state index contributed by atoms with van der Waals surface area (Å²) >= 11 is 0. The first-order valence-electron chi connectivity index (χ1n) is 7.35. The van der Waals surface area contributed by atoms with Crippen molar-refractivity contribution >= 4 is 5.91 Å². The average Bonchev–Trinajstić information content (AvgIpc) is 2.72. The molecule has 2 saturated heterocycles. The normalized spacial score (nSPS) is 25.3. The van der Waals surface area contributed by atoms with Crippen LogP contribution in [0.3, 0.4) is 0 Å². The molecule has 2 aliphatic rings. The molecule has 3 heterocycles. The molecular weight excluding hydrogens is 292 g/mol. The summed E-state index contributed by atoms with van der Waals surface area (Å²) in [6.45, 7) is 2.08. The van der Waals surface area contributed by atoms with Crippen LogP contribution in [0.4, 0.5) is 8.78 Å². The van der Waals surface area contributed by atoms with E-state index in [1.807, 2.05) is 6.92 Å². The van der Waals surface area contributed by atoms with Gasteiger partial charge in [0.25, 0.3) is 11.8 Å². The van der Waals surface area contributed by atoms with Gasteiger partial charge in [0.05, 0.1) is 18.7 Å². The molecule has 7 heteroatoms. The van der Waals surface area contributed by atoms with Crippen LogP contribution in [0.2, 0.25) is 0 Å². The summed E-state index contributed by atoms with van der Waals surface area (Å²) in [5, 5.41) is 9.26. The molecule has 0 bridgehead atoms. The Hall–Kier alpha value is -1.60. The molecule has 120 valence electrons. The Morgan fingerprint density at radius 2 is 2.18 bits per heavy atom. The summed E-state index contributed by atoms with van der Waals surface area (Å²) in [5.74, 6) is -2.88. The van der Waals surface area contributed by atoms with Crippen LogP contribution in [0.15, 0.2) is 18.5 Å². The van der Waals surface area contributed by atoms with Crippen molar-refractivity contribution in [3.05, 3.63) is 29.6 Å². The predicted octanol–water partition coefficient (Wildman–Crippen LogP) is 0.916. The van der Waals surface area contributed by atoms with Crippen molar-refractivity contribution < 1.29 is 18.7 Å². The molecule has 0 unspecified atom stereocenters. The van der Waals surface area contributed by atoms with E-state index in [1.165, 1.54) is 6.20 Å². The van der Waals surface area contributed by atoms with Gasteiger partial charge in [-0.1, -0.05) is 0 Å². The zero-order chi connectivity index (χ0) is 15.9. The SMILES string of the molecule is Cc1cncc(C(=O)N2CC(N3CC(F)(F)C[C@H]3CO)C2)c1. The van der Waals surface area contributed by atoms with E-state index in [4.69, 9.17) is 0 Å². The molecule has 3 rings (SSSR count). The van der Waals surface area contributed by atoms with Gasteiger partial charge < -0.3 is 10.0 Å². The topological polar surface area (TPSA) is 56.7 Å². The summed E-state index contributed by atoms with van der Waals surface area (Å²) in [6, 6.07) is 1.15. The van der Waals surface area contributed by atoms with Crippen LogP contribution < -0.4 is 0 Å². The maximum atomic E-state index is 13.5. The molecule has 0 aromatic carbocycles. The van der Waals surface area contributed by atoms with Gasteiger partial charge in [0, 0.05) is 44.0 Å². The monoisotopic (exact) mass is 311 g/mol. The fourth-order valence-corrected chi connectivity index (χ4v) is 3.20. The average molecular weight is 311 g/mol. The zero-order valence-electron chi connectivity index (χ0n) is 12.4. The molecule has 2 aliphatic heterocycles. The number of carbonyl (C=O) groups is 1. The van der Waals surface area contributed by atoms with Crippen LogP contribution in [0, 0.1) is 6.92 Å². The van der Waals surface area contributed by atoms with Crippen LogP contribution in [0.1, 0.15) is 22.3 Å². The first-order chi connectivity index (χ1) is 10.4. The number of aryl methyl sites for hydroxylation is 1. The second-order valence-electron chi connectivity index (χ2n) is 6.18. The largest absolute Gasteiger partial charge is 0.395 e. The maximum Gasteiger partial charge on any atom is 0.262 e. The van der Waals surface area contributed by atoms with Crippen molar-refractivity contribution in [3.8, 4) is 0 Å². The Balaban J connectivity index is 1.61. The van der Waals surface area contributed by atoms with E-state index in [9.17, 15) is 18.7 Å². The van der Waals surface area contributed by atoms with Gasteiger partial charge in [0.1, 0.15) is 0 Å². The second kappa shape index (κ2) is 5.55. The highest BCUT2D eigenvalue weighted by atomic mass is 19.3. The molecular formula is C15H19F2N3O2. The van der Waals surface area contributed by atoms with Gasteiger partial charge >= 0.3 is 0 Å². The molecule has 5 nitrogen and oxygen atoms in total. The molecule has 1 aromatic heterocycles. The summed E-state index contributed by atoms with van der Waals surface area (Å²) in [6.07, 6.45) is 2.88. The summed E-state index contributed by atoms with van der Waals surface area (Å²) in [4.78, 5) is 19.6. The highest BCUT2D eigenvalue weighted by Crippen LogP contribution is 2.35. The van der Waals surface area contributed by atoms with E-state index in [0.717, 1.165) is 5.56 Å². The molecule has 1 aromatic rings. The van der Waals surface area contributed by atoms with E-state index >= 15 is 0 Å². The molecule has 1 N–H and O–H groups in total. The third-order valence-electron chi connectivity index (χ3n) is 4.37. The summed E-state index contributed by atoms with van der Waals surface area (Å²) < 4.78 is 27.0. The predicted molar refractivity (Wildman–Crippen MR) is 75.8 cm³/mol. The van der Waals surface area contributed by atoms with Crippen LogP contribution >= 0.6 is 0 Å². The van der Waals surface area contributed by atoms with Crippen molar-refractivity contribution in [2.24, 2.45) is 0 Å². The number of hydrogen-bond donors (Lipinski definition) is 1. The van der Waals surface area contributed by atoms with Crippen molar-refractivity contribution in [1.29, 1.82) is 0 Å². The number of carbonyl (C=O) groups excluding carboxylic acids is 1.